The summed E-state index contributed by atoms with van der Waals surface area (Å²) in [5.74, 6) is 1.68. The highest BCUT2D eigenvalue weighted by Gasteiger charge is 2.73. The van der Waals surface area contributed by atoms with Gasteiger partial charge in [-0.15, -0.1) is 0 Å². The minimum atomic E-state index is -2.90. The molecule has 2 saturated heterocycles. The summed E-state index contributed by atoms with van der Waals surface area (Å²) in [6.45, 7) is 9.06. The Kier molecular flexibility index (Phi) is 6.25. The van der Waals surface area contributed by atoms with E-state index in [0.29, 0.717) is 19.6 Å². The van der Waals surface area contributed by atoms with Gasteiger partial charge in [0, 0.05) is 17.5 Å². The number of likely N-dealkylation sites (tertiary alicyclic amines) is 1. The highest BCUT2D eigenvalue weighted by molar-refractivity contribution is 7.00. The second kappa shape index (κ2) is 9.66. The molecular formula is C36H43NO5Si. The number of benzene rings is 3. The number of likely N-dealkylation sites (N-methyl/N-ethyl adjacent to an activating group) is 1. The molecule has 6 nitrogen and oxygen atoms in total. The Bertz CT molecular complexity index is 1480. The van der Waals surface area contributed by atoms with E-state index in [2.05, 4.69) is 106 Å². The molecule has 0 radical (unpaired) electrons. The average Bonchev–Trinajstić information content (AvgIpc) is 3.66. The second-order valence-corrected chi connectivity index (χ2v) is 18.6. The molecule has 5 atom stereocenters. The second-order valence-electron chi connectivity index (χ2n) is 14.4. The first-order chi connectivity index (χ1) is 20.7. The van der Waals surface area contributed by atoms with Crippen LogP contribution in [0.5, 0.6) is 11.5 Å². The first-order valence-electron chi connectivity index (χ1n) is 16.0. The summed E-state index contributed by atoms with van der Waals surface area (Å²) in [6.07, 6.45) is 2.65. The van der Waals surface area contributed by atoms with Gasteiger partial charge in [0.05, 0.1) is 24.2 Å². The first-order valence-corrected chi connectivity index (χ1v) is 17.9. The number of aliphatic hydroxyl groups is 1. The van der Waals surface area contributed by atoms with Gasteiger partial charge in [-0.1, -0.05) is 87.5 Å². The van der Waals surface area contributed by atoms with Crippen molar-refractivity contribution in [3.8, 4) is 11.5 Å². The first kappa shape index (κ1) is 27.8. The molecule has 2 bridgehead atoms. The van der Waals surface area contributed by atoms with Gasteiger partial charge in [0.25, 0.3) is 0 Å². The summed E-state index contributed by atoms with van der Waals surface area (Å²) in [5, 5.41) is 15.1. The van der Waals surface area contributed by atoms with E-state index in [1.165, 1.54) is 21.5 Å². The van der Waals surface area contributed by atoms with Gasteiger partial charge in [0.15, 0.2) is 12.0 Å². The van der Waals surface area contributed by atoms with Crippen molar-refractivity contribution in [2.45, 2.75) is 80.9 Å². The van der Waals surface area contributed by atoms with Crippen LogP contribution >= 0.6 is 0 Å². The van der Waals surface area contributed by atoms with Gasteiger partial charge < -0.3 is 28.6 Å². The number of hydrogen-bond donors (Lipinski definition) is 1. The third kappa shape index (κ3) is 3.66. The molecule has 3 aromatic carbocycles. The summed E-state index contributed by atoms with van der Waals surface area (Å²) >= 11 is 0. The van der Waals surface area contributed by atoms with Crippen LogP contribution in [0, 0.1) is 5.92 Å². The van der Waals surface area contributed by atoms with Gasteiger partial charge in [-0.25, -0.2) is 0 Å². The van der Waals surface area contributed by atoms with Crippen molar-refractivity contribution in [1.29, 1.82) is 0 Å². The fourth-order valence-electron chi connectivity index (χ4n) is 9.58. The van der Waals surface area contributed by atoms with Crippen molar-refractivity contribution < 1.29 is 23.7 Å². The van der Waals surface area contributed by atoms with Crippen LogP contribution in [0.2, 0.25) is 5.04 Å². The van der Waals surface area contributed by atoms with E-state index in [4.69, 9.17) is 18.6 Å². The molecule has 226 valence electrons. The zero-order chi connectivity index (χ0) is 29.6. The van der Waals surface area contributed by atoms with E-state index in [0.717, 1.165) is 37.3 Å². The Morgan fingerprint density at radius 2 is 1.56 bits per heavy atom. The monoisotopic (exact) mass is 597 g/mol. The van der Waals surface area contributed by atoms with Gasteiger partial charge in [-0.2, -0.15) is 0 Å². The molecular weight excluding hydrogens is 554 g/mol. The lowest BCUT2D eigenvalue weighted by atomic mass is 9.47. The molecule has 1 spiro atoms. The normalized spacial score (nSPS) is 31.9. The number of piperidine rings is 1. The number of rotatable bonds is 5. The predicted molar refractivity (Wildman–Crippen MR) is 169 cm³/mol. The fourth-order valence-corrected chi connectivity index (χ4v) is 14.0. The maximum atomic E-state index is 12.8. The molecule has 0 aromatic heterocycles. The summed E-state index contributed by atoms with van der Waals surface area (Å²) in [4.78, 5) is 2.37. The Morgan fingerprint density at radius 1 is 0.907 bits per heavy atom. The van der Waals surface area contributed by atoms with Gasteiger partial charge in [-0.3, -0.25) is 0 Å². The SMILES string of the molecule is CN1CC[C@]23c4c5ccc(O[Si](c6ccccc6)(c6ccccc6)C(C)(C)C)c4O[C@H]2C(C2OCCO2)CCC3(O)[C@H]1C5. The molecule has 3 heterocycles. The lowest BCUT2D eigenvalue weighted by Crippen LogP contribution is -2.76. The van der Waals surface area contributed by atoms with E-state index in [-0.39, 0.29) is 29.4 Å². The van der Waals surface area contributed by atoms with E-state index < -0.39 is 19.3 Å². The highest BCUT2D eigenvalue weighted by Crippen LogP contribution is 2.67. The smallest absolute Gasteiger partial charge is 0.320 e. The van der Waals surface area contributed by atoms with E-state index in [9.17, 15) is 5.11 Å². The Labute approximate surface area is 256 Å². The number of nitrogens with zero attached hydrogens (tertiary/aromatic N) is 1. The molecule has 7 heteroatoms. The summed E-state index contributed by atoms with van der Waals surface area (Å²) in [5.41, 5.74) is 1.06. The van der Waals surface area contributed by atoms with Crippen LogP contribution in [0.25, 0.3) is 0 Å². The lowest BCUT2D eigenvalue weighted by Gasteiger charge is -2.64. The number of ether oxygens (including phenoxy) is 3. The van der Waals surface area contributed by atoms with Crippen molar-refractivity contribution in [1.82, 2.24) is 4.90 Å². The van der Waals surface area contributed by atoms with Gasteiger partial charge >= 0.3 is 8.32 Å². The quantitative estimate of drug-likeness (QED) is 0.440. The van der Waals surface area contributed by atoms with Crippen LogP contribution in [0.3, 0.4) is 0 Å². The molecule has 0 amide bonds. The van der Waals surface area contributed by atoms with Gasteiger partial charge in [-0.05, 0) is 66.3 Å². The van der Waals surface area contributed by atoms with Crippen LogP contribution in [0.1, 0.15) is 51.2 Å². The third-order valence-electron chi connectivity index (χ3n) is 11.4. The van der Waals surface area contributed by atoms with Crippen LogP contribution in [-0.4, -0.2) is 69.2 Å². The molecule has 1 saturated carbocycles. The average molecular weight is 598 g/mol. The van der Waals surface area contributed by atoms with Crippen molar-refractivity contribution >= 4 is 18.7 Å². The fraction of sp³-hybridized carbons (Fsp3) is 0.500. The Hall–Kier alpha value is -2.68. The third-order valence-corrected chi connectivity index (χ3v) is 16.4. The van der Waals surface area contributed by atoms with E-state index >= 15 is 0 Å². The minimum Gasteiger partial charge on any atom is -0.531 e. The van der Waals surface area contributed by atoms with E-state index in [1.54, 1.807) is 0 Å². The van der Waals surface area contributed by atoms with Crippen molar-refractivity contribution in [2.24, 2.45) is 5.92 Å². The van der Waals surface area contributed by atoms with Crippen molar-refractivity contribution in [3.63, 3.8) is 0 Å². The highest BCUT2D eigenvalue weighted by atomic mass is 28.4. The molecule has 1 N–H and O–H groups in total. The maximum absolute atomic E-state index is 12.8. The van der Waals surface area contributed by atoms with Crippen molar-refractivity contribution in [3.05, 3.63) is 83.9 Å². The predicted octanol–water partition coefficient (Wildman–Crippen LogP) is 4.40. The van der Waals surface area contributed by atoms with Gasteiger partial charge in [0.1, 0.15) is 11.9 Å². The topological polar surface area (TPSA) is 60.4 Å². The maximum Gasteiger partial charge on any atom is 0.320 e. The lowest BCUT2D eigenvalue weighted by molar-refractivity contribution is -0.221. The molecule has 8 rings (SSSR count). The Balaban J connectivity index is 1.34. The molecule has 5 aliphatic rings. The summed E-state index contributed by atoms with van der Waals surface area (Å²) in [6, 6.07) is 26.0. The van der Waals surface area contributed by atoms with E-state index in [1.807, 2.05) is 0 Å². The minimum absolute atomic E-state index is 0.0471. The molecule has 3 fully saturated rings. The summed E-state index contributed by atoms with van der Waals surface area (Å²) in [7, 11) is -0.736. The standard InChI is InChI=1S/C36H43NO5Si/c1-34(2,3)43(25-11-7-5-8-12-25,26-13-9-6-10-14-26)42-28-16-15-24-23-29-36(38)18-17-27(33-39-21-22-40-33)32-35(36,19-20-37(29)4)30(24)31(28)41-32/h5-16,27,29,32-33,38H,17-23H2,1-4H3/t27?,29-,32+,35+,36?/m1/s1. The molecule has 2 unspecified atom stereocenters. The van der Waals surface area contributed by atoms with Crippen LogP contribution in [-0.2, 0) is 21.3 Å². The zero-order valence-electron chi connectivity index (χ0n) is 25.7. The molecule has 43 heavy (non-hydrogen) atoms. The van der Waals surface area contributed by atoms with Crippen molar-refractivity contribution in [2.75, 3.05) is 26.8 Å². The largest absolute Gasteiger partial charge is 0.531 e. The summed E-state index contributed by atoms with van der Waals surface area (Å²) < 4.78 is 27.1. The number of hydrogen-bond acceptors (Lipinski definition) is 6. The molecule has 3 aliphatic heterocycles. The zero-order valence-corrected chi connectivity index (χ0v) is 26.7. The van der Waals surface area contributed by atoms with Crippen LogP contribution < -0.4 is 19.5 Å². The Morgan fingerprint density at radius 3 is 2.19 bits per heavy atom. The van der Waals surface area contributed by atoms with Crippen LogP contribution in [0.4, 0.5) is 0 Å². The van der Waals surface area contributed by atoms with Crippen LogP contribution in [0.15, 0.2) is 72.8 Å². The van der Waals surface area contributed by atoms with Gasteiger partial charge in [0.2, 0.25) is 0 Å². The molecule has 2 aliphatic carbocycles. The molecule has 3 aromatic rings.